The summed E-state index contributed by atoms with van der Waals surface area (Å²) in [7, 11) is 0. The topological polar surface area (TPSA) is 57.1 Å². The summed E-state index contributed by atoms with van der Waals surface area (Å²) in [5.74, 6) is 0. The van der Waals surface area contributed by atoms with Gasteiger partial charge in [-0.15, -0.1) is 0 Å². The van der Waals surface area contributed by atoms with E-state index < -0.39 is 0 Å². The molecule has 1 aliphatic heterocycles. The maximum Gasteiger partial charge on any atom is 0.0374 e. The van der Waals surface area contributed by atoms with Crippen molar-refractivity contribution in [3.05, 3.63) is 24.0 Å². The van der Waals surface area contributed by atoms with E-state index in [1.165, 1.54) is 5.56 Å². The summed E-state index contributed by atoms with van der Waals surface area (Å²) in [4.78, 5) is 5.59. The van der Waals surface area contributed by atoms with Crippen molar-refractivity contribution in [3.63, 3.8) is 0 Å². The maximum atomic E-state index is 6.37. The minimum absolute atomic E-state index is 0.0867. The number of nitrogens with two attached hydrogens (primary N) is 1. The molecule has 4 heteroatoms. The Bertz CT molecular complexity index is 325. The van der Waals surface area contributed by atoms with Crippen LogP contribution in [0, 0.1) is 5.41 Å². The van der Waals surface area contributed by atoms with Crippen molar-refractivity contribution < 1.29 is 0 Å². The first-order chi connectivity index (χ1) is 8.09. The van der Waals surface area contributed by atoms with Crippen LogP contribution in [0.25, 0.3) is 0 Å². The molecule has 4 N–H and O–H groups in total. The highest BCUT2D eigenvalue weighted by Gasteiger charge is 2.30. The molecule has 0 aromatic carbocycles. The first-order valence-electron chi connectivity index (χ1n) is 6.41. The third-order valence-corrected chi connectivity index (χ3v) is 3.66. The third kappa shape index (κ3) is 3.09. The van der Waals surface area contributed by atoms with E-state index in [0.29, 0.717) is 0 Å². The first kappa shape index (κ1) is 12.6. The van der Waals surface area contributed by atoms with Gasteiger partial charge < -0.3 is 20.9 Å². The molecule has 0 radical (unpaired) electrons. The average Bonchev–Trinajstić information content (AvgIpc) is 2.82. The third-order valence-electron chi connectivity index (χ3n) is 3.66. The molecule has 1 aromatic heterocycles. The van der Waals surface area contributed by atoms with E-state index >= 15 is 0 Å². The summed E-state index contributed by atoms with van der Waals surface area (Å²) in [5, 5.41) is 3.38. The number of nitrogens with zero attached hydrogens (tertiary/aromatic N) is 1. The molecular weight excluding hydrogens is 212 g/mol. The van der Waals surface area contributed by atoms with Crippen molar-refractivity contribution in [2.75, 3.05) is 32.7 Å². The lowest BCUT2D eigenvalue weighted by atomic mass is 9.81. The zero-order valence-electron chi connectivity index (χ0n) is 10.9. The molecule has 0 spiro atoms. The predicted octanol–water partition coefficient (Wildman–Crippen LogP) is 0.946. The van der Waals surface area contributed by atoms with Gasteiger partial charge in [-0.3, -0.25) is 0 Å². The molecule has 4 nitrogen and oxygen atoms in total. The van der Waals surface area contributed by atoms with Crippen LogP contribution in [0.15, 0.2) is 18.5 Å². The molecule has 17 heavy (non-hydrogen) atoms. The second kappa shape index (κ2) is 5.21. The fourth-order valence-corrected chi connectivity index (χ4v) is 2.53. The van der Waals surface area contributed by atoms with Crippen LogP contribution in [-0.4, -0.2) is 42.6 Å². The van der Waals surface area contributed by atoms with Gasteiger partial charge in [0, 0.05) is 51.2 Å². The standard InChI is InChI=1S/C13H24N4/c1-13(2,10-17-7-5-15-6-8-17)12(14)11-3-4-16-9-11/h3-4,9,12,15-16H,5-8,10,14H2,1-2H3. The maximum absolute atomic E-state index is 6.37. The molecular formula is C13H24N4. The van der Waals surface area contributed by atoms with E-state index in [-0.39, 0.29) is 11.5 Å². The van der Waals surface area contributed by atoms with E-state index in [1.54, 1.807) is 0 Å². The van der Waals surface area contributed by atoms with Gasteiger partial charge in [-0.25, -0.2) is 0 Å². The van der Waals surface area contributed by atoms with Gasteiger partial charge in [-0.1, -0.05) is 13.8 Å². The number of piperazine rings is 1. The van der Waals surface area contributed by atoms with Crippen molar-refractivity contribution in [2.24, 2.45) is 11.1 Å². The number of hydrogen-bond acceptors (Lipinski definition) is 3. The Hall–Kier alpha value is -0.840. The van der Waals surface area contributed by atoms with Gasteiger partial charge in [-0.2, -0.15) is 0 Å². The molecule has 96 valence electrons. The van der Waals surface area contributed by atoms with Crippen LogP contribution in [0.2, 0.25) is 0 Å². The second-order valence-corrected chi connectivity index (χ2v) is 5.64. The normalized spacial score (nSPS) is 20.4. The fraction of sp³-hybridized carbons (Fsp3) is 0.692. The number of nitrogens with one attached hydrogen (secondary N) is 2. The Labute approximate surface area is 104 Å². The van der Waals surface area contributed by atoms with E-state index in [2.05, 4.69) is 35.1 Å². The van der Waals surface area contributed by atoms with Crippen molar-refractivity contribution in [1.82, 2.24) is 15.2 Å². The highest BCUT2D eigenvalue weighted by Crippen LogP contribution is 2.31. The van der Waals surface area contributed by atoms with Crippen molar-refractivity contribution in [2.45, 2.75) is 19.9 Å². The number of aromatic amines is 1. The van der Waals surface area contributed by atoms with E-state index in [9.17, 15) is 0 Å². The monoisotopic (exact) mass is 236 g/mol. The van der Waals surface area contributed by atoms with Crippen LogP contribution in [0.1, 0.15) is 25.5 Å². The van der Waals surface area contributed by atoms with Crippen LogP contribution in [0.4, 0.5) is 0 Å². The predicted molar refractivity (Wildman–Crippen MR) is 70.8 cm³/mol. The number of H-pyrrole nitrogens is 1. The Balaban J connectivity index is 1.97. The van der Waals surface area contributed by atoms with E-state index in [1.807, 2.05) is 12.4 Å². The number of aromatic nitrogens is 1. The Morgan fingerprint density at radius 1 is 1.41 bits per heavy atom. The zero-order chi connectivity index (χ0) is 12.3. The van der Waals surface area contributed by atoms with Gasteiger partial charge in [0.2, 0.25) is 0 Å². The summed E-state index contributed by atoms with van der Waals surface area (Å²) in [5.41, 5.74) is 7.67. The summed E-state index contributed by atoms with van der Waals surface area (Å²) in [6.07, 6.45) is 3.94. The molecule has 0 aliphatic carbocycles. The fourth-order valence-electron chi connectivity index (χ4n) is 2.53. The molecule has 0 saturated carbocycles. The van der Waals surface area contributed by atoms with Crippen molar-refractivity contribution in [1.29, 1.82) is 0 Å². The van der Waals surface area contributed by atoms with E-state index in [4.69, 9.17) is 5.73 Å². The van der Waals surface area contributed by atoms with Crippen LogP contribution < -0.4 is 11.1 Å². The van der Waals surface area contributed by atoms with Crippen LogP contribution in [-0.2, 0) is 0 Å². The highest BCUT2D eigenvalue weighted by atomic mass is 15.2. The Morgan fingerprint density at radius 3 is 2.71 bits per heavy atom. The first-order valence-corrected chi connectivity index (χ1v) is 6.41. The lowest BCUT2D eigenvalue weighted by Crippen LogP contribution is -2.49. The average molecular weight is 236 g/mol. The molecule has 1 atom stereocenters. The molecule has 1 aromatic rings. The SMILES string of the molecule is CC(C)(CN1CCNCC1)C(N)c1cc[nH]c1. The molecule has 1 fully saturated rings. The number of rotatable bonds is 4. The van der Waals surface area contributed by atoms with Gasteiger partial charge in [0.15, 0.2) is 0 Å². The summed E-state index contributed by atoms with van der Waals surface area (Å²) in [6.45, 7) is 10.0. The summed E-state index contributed by atoms with van der Waals surface area (Å²) in [6, 6.07) is 2.16. The lowest BCUT2D eigenvalue weighted by Gasteiger charge is -2.38. The van der Waals surface area contributed by atoms with Crippen molar-refractivity contribution >= 4 is 0 Å². The van der Waals surface area contributed by atoms with Gasteiger partial charge in [0.1, 0.15) is 0 Å². The van der Waals surface area contributed by atoms with Gasteiger partial charge in [0.25, 0.3) is 0 Å². The smallest absolute Gasteiger partial charge is 0.0374 e. The molecule has 1 aliphatic rings. The molecule has 0 amide bonds. The van der Waals surface area contributed by atoms with Crippen molar-refractivity contribution in [3.8, 4) is 0 Å². The molecule has 2 rings (SSSR count). The number of hydrogen-bond donors (Lipinski definition) is 3. The second-order valence-electron chi connectivity index (χ2n) is 5.64. The Morgan fingerprint density at radius 2 is 2.12 bits per heavy atom. The van der Waals surface area contributed by atoms with Gasteiger partial charge in [0.05, 0.1) is 0 Å². The Kier molecular flexibility index (Phi) is 3.86. The summed E-state index contributed by atoms with van der Waals surface area (Å²) < 4.78 is 0. The van der Waals surface area contributed by atoms with Gasteiger partial charge >= 0.3 is 0 Å². The van der Waals surface area contributed by atoms with Gasteiger partial charge in [-0.05, 0) is 17.0 Å². The quantitative estimate of drug-likeness (QED) is 0.729. The molecule has 1 saturated heterocycles. The van der Waals surface area contributed by atoms with Crippen LogP contribution in [0.5, 0.6) is 0 Å². The van der Waals surface area contributed by atoms with Crippen LogP contribution >= 0.6 is 0 Å². The molecule has 1 unspecified atom stereocenters. The lowest BCUT2D eigenvalue weighted by molar-refractivity contribution is 0.139. The van der Waals surface area contributed by atoms with Crippen LogP contribution in [0.3, 0.4) is 0 Å². The van der Waals surface area contributed by atoms with E-state index in [0.717, 1.165) is 32.7 Å². The molecule has 0 bridgehead atoms. The largest absolute Gasteiger partial charge is 0.367 e. The minimum Gasteiger partial charge on any atom is -0.367 e. The molecule has 2 heterocycles. The zero-order valence-corrected chi connectivity index (χ0v) is 10.9. The highest BCUT2D eigenvalue weighted by molar-refractivity contribution is 5.16. The summed E-state index contributed by atoms with van der Waals surface area (Å²) >= 11 is 0. The minimum atomic E-state index is 0.0867.